The number of nitrogens with zero attached hydrogens (tertiary/aromatic N) is 3. The van der Waals surface area contributed by atoms with Crippen molar-refractivity contribution in [1.82, 2.24) is 15.0 Å². The van der Waals surface area contributed by atoms with Crippen LogP contribution in [0.5, 0.6) is 5.75 Å². The van der Waals surface area contributed by atoms with Gasteiger partial charge in [-0.2, -0.15) is 31.8 Å². The van der Waals surface area contributed by atoms with Gasteiger partial charge < -0.3 is 10.8 Å². The summed E-state index contributed by atoms with van der Waals surface area (Å²) < 4.78 is 62.1. The van der Waals surface area contributed by atoms with Crippen molar-refractivity contribution in [3.8, 4) is 5.75 Å². The van der Waals surface area contributed by atoms with E-state index >= 15 is 0 Å². The van der Waals surface area contributed by atoms with Gasteiger partial charge in [0.25, 0.3) is 20.2 Å². The van der Waals surface area contributed by atoms with Crippen LogP contribution in [0.4, 0.5) is 5.69 Å². The van der Waals surface area contributed by atoms with E-state index in [9.17, 15) is 21.9 Å². The minimum Gasteiger partial charge on any atom is -0.507 e. The van der Waals surface area contributed by atoms with E-state index in [4.69, 9.17) is 49.6 Å². The van der Waals surface area contributed by atoms with Gasteiger partial charge in [0.15, 0.2) is 0 Å². The summed E-state index contributed by atoms with van der Waals surface area (Å²) in [7, 11) is -9.14. The summed E-state index contributed by atoms with van der Waals surface area (Å²) in [6, 6.07) is 3.55. The van der Waals surface area contributed by atoms with Crippen LogP contribution in [-0.4, -0.2) is 46.0 Å². The highest BCUT2D eigenvalue weighted by molar-refractivity contribution is 7.86. The van der Waals surface area contributed by atoms with Gasteiger partial charge >= 0.3 is 0 Å². The molecule has 0 atom stereocenters. The van der Waals surface area contributed by atoms with Crippen molar-refractivity contribution in [2.75, 3.05) is 5.73 Å². The number of rotatable bonds is 2. The lowest BCUT2D eigenvalue weighted by molar-refractivity contribution is 0.471. The van der Waals surface area contributed by atoms with Gasteiger partial charge in [0.05, 0.1) is 9.79 Å². The molecule has 5 N–H and O–H groups in total. The first-order chi connectivity index (χ1) is 13.2. The molecule has 1 heterocycles. The largest absolute Gasteiger partial charge is 0.507 e. The predicted octanol–water partition coefficient (Wildman–Crippen LogP) is 2.45. The van der Waals surface area contributed by atoms with E-state index in [1.807, 2.05) is 0 Å². The van der Waals surface area contributed by atoms with Crippen LogP contribution in [0.2, 0.25) is 15.9 Å². The maximum atomic E-state index is 11.1. The first kappa shape index (κ1) is 23.3. The number of aromatic hydroxyl groups is 1. The van der Waals surface area contributed by atoms with Crippen molar-refractivity contribution >= 4 is 71.5 Å². The Morgan fingerprint density at radius 1 is 0.759 bits per heavy atom. The summed E-state index contributed by atoms with van der Waals surface area (Å²) in [5.41, 5.74) is 5.39. The van der Waals surface area contributed by atoms with Crippen LogP contribution in [-0.2, 0) is 20.2 Å². The van der Waals surface area contributed by atoms with E-state index in [1.165, 1.54) is 0 Å². The molecule has 0 unspecified atom stereocenters. The summed E-state index contributed by atoms with van der Waals surface area (Å²) in [5.74, 6) is -0.547. The summed E-state index contributed by atoms with van der Waals surface area (Å²) >= 11 is 16.0. The third-order valence-electron chi connectivity index (χ3n) is 3.16. The van der Waals surface area contributed by atoms with E-state index in [0.29, 0.717) is 0 Å². The second-order valence-corrected chi connectivity index (χ2v) is 9.00. The molecule has 11 nitrogen and oxygen atoms in total. The quantitative estimate of drug-likeness (QED) is 0.296. The monoisotopic (exact) mass is 502 g/mol. The molecule has 0 aliphatic heterocycles. The number of nitrogens with two attached hydrogens (primary N) is 1. The van der Waals surface area contributed by atoms with E-state index < -0.39 is 35.8 Å². The topological polar surface area (TPSA) is 194 Å². The van der Waals surface area contributed by atoms with Crippen LogP contribution in [0.3, 0.4) is 0 Å². The Kier molecular flexibility index (Phi) is 6.74. The normalized spacial score (nSPS) is 11.8. The first-order valence-electron chi connectivity index (χ1n) is 6.92. The Morgan fingerprint density at radius 2 is 1.14 bits per heavy atom. The van der Waals surface area contributed by atoms with E-state index in [1.54, 1.807) is 0 Å². The zero-order chi connectivity index (χ0) is 22.1. The Labute approximate surface area is 178 Å². The van der Waals surface area contributed by atoms with Gasteiger partial charge in [0, 0.05) is 17.1 Å². The molecule has 16 heteroatoms. The fourth-order valence-corrected chi connectivity index (χ4v) is 3.77. The van der Waals surface area contributed by atoms with E-state index in [-0.39, 0.29) is 32.3 Å². The van der Waals surface area contributed by atoms with Crippen LogP contribution < -0.4 is 5.73 Å². The fraction of sp³-hybridized carbons (Fsp3) is 0. The lowest BCUT2D eigenvalue weighted by atomic mass is 10.1. The van der Waals surface area contributed by atoms with Crippen molar-refractivity contribution in [3.63, 3.8) is 0 Å². The molecule has 29 heavy (non-hydrogen) atoms. The molecular weight excluding hydrogens is 495 g/mol. The van der Waals surface area contributed by atoms with Crippen molar-refractivity contribution in [1.29, 1.82) is 0 Å². The van der Waals surface area contributed by atoms with Crippen LogP contribution in [0.1, 0.15) is 0 Å². The molecule has 3 aromatic rings. The molecule has 156 valence electrons. The number of anilines is 1. The van der Waals surface area contributed by atoms with E-state index in [0.717, 1.165) is 24.3 Å². The number of aromatic nitrogens is 3. The third kappa shape index (κ3) is 5.99. The van der Waals surface area contributed by atoms with Crippen molar-refractivity contribution in [2.45, 2.75) is 9.79 Å². The van der Waals surface area contributed by atoms with Crippen molar-refractivity contribution < 1.29 is 31.0 Å². The van der Waals surface area contributed by atoms with Crippen molar-refractivity contribution in [2.24, 2.45) is 0 Å². The number of hydrogen-bond donors (Lipinski definition) is 4. The number of phenols is 1. The molecule has 0 radical (unpaired) electrons. The molecule has 3 rings (SSSR count). The Bertz CT molecular complexity index is 1190. The molecule has 0 aliphatic carbocycles. The minimum absolute atomic E-state index is 0.000000000000000444. The fourth-order valence-electron chi connectivity index (χ4n) is 2.07. The lowest BCUT2D eigenvalue weighted by Gasteiger charge is -2.08. The van der Waals surface area contributed by atoms with E-state index in [2.05, 4.69) is 15.0 Å². The minimum atomic E-state index is -4.59. The van der Waals surface area contributed by atoms with Crippen LogP contribution in [0, 0.1) is 0 Å². The highest BCUT2D eigenvalue weighted by Gasteiger charge is 2.18. The molecule has 0 spiro atoms. The first-order valence-corrected chi connectivity index (χ1v) is 10.9. The zero-order valence-electron chi connectivity index (χ0n) is 13.7. The predicted molar refractivity (Wildman–Crippen MR) is 105 cm³/mol. The van der Waals surface area contributed by atoms with Gasteiger partial charge in [-0.1, -0.05) is 0 Å². The van der Waals surface area contributed by atoms with Gasteiger partial charge in [-0.15, -0.1) is 0 Å². The number of halogens is 3. The molecule has 0 saturated carbocycles. The highest BCUT2D eigenvalue weighted by Crippen LogP contribution is 2.34. The molecule has 0 fully saturated rings. The molecule has 2 aromatic carbocycles. The average molecular weight is 504 g/mol. The summed E-state index contributed by atoms with van der Waals surface area (Å²) in [5, 5.41) is 9.66. The Hall–Kier alpha value is -2.00. The summed E-state index contributed by atoms with van der Waals surface area (Å²) in [6.45, 7) is 0. The maximum Gasteiger partial charge on any atom is 0.294 e. The van der Waals surface area contributed by atoms with Gasteiger partial charge in [-0.3, -0.25) is 9.11 Å². The second kappa shape index (κ2) is 8.39. The highest BCUT2D eigenvalue weighted by atomic mass is 35.5. The summed E-state index contributed by atoms with van der Waals surface area (Å²) in [6.07, 6.45) is 0. The average Bonchev–Trinajstić information content (AvgIpc) is 2.51. The third-order valence-corrected chi connectivity index (χ3v) is 5.32. The molecule has 0 amide bonds. The maximum absolute atomic E-state index is 11.1. The molecule has 1 aromatic heterocycles. The summed E-state index contributed by atoms with van der Waals surface area (Å²) in [4.78, 5) is 9.18. The molecule has 0 bridgehead atoms. The van der Waals surface area contributed by atoms with Gasteiger partial charge in [-0.05, 0) is 58.4 Å². The number of fused-ring (bicyclic) bond motifs is 1. The van der Waals surface area contributed by atoms with Crippen molar-refractivity contribution in [3.05, 3.63) is 40.1 Å². The van der Waals surface area contributed by atoms with Gasteiger partial charge in [0.2, 0.25) is 15.9 Å². The number of hydrogen-bond acceptors (Lipinski definition) is 9. The number of phenolic OH excluding ortho intramolecular Hbond substituents is 1. The number of nitrogen functional groups attached to an aromatic ring is 1. The molecule has 0 saturated heterocycles. The van der Waals surface area contributed by atoms with Crippen LogP contribution in [0.15, 0.2) is 34.1 Å². The Morgan fingerprint density at radius 3 is 1.52 bits per heavy atom. The molecular formula is C13H9Cl3N4O7S2. The SMILES string of the molecule is Clc1nc(Cl)nc(Cl)n1.Nc1cc(S(=O)(=O)O)cc2cc(S(=O)(=O)O)cc(O)c12. The lowest BCUT2D eigenvalue weighted by Crippen LogP contribution is -2.02. The zero-order valence-corrected chi connectivity index (χ0v) is 17.6. The van der Waals surface area contributed by atoms with Crippen LogP contribution in [0.25, 0.3) is 10.8 Å². The second-order valence-electron chi connectivity index (χ2n) is 5.15. The standard InChI is InChI=1S/C10H9NO7S2.C3Cl3N3/c11-8-3-6(19(13,14)15)1-5-2-7(20(16,17)18)4-9(12)10(5)8;4-1-7-2(5)9-3(6)8-1/h1-4,12H,11H2,(H,13,14,15)(H,16,17,18);. The van der Waals surface area contributed by atoms with Gasteiger partial charge in [-0.25, -0.2) is 0 Å². The smallest absolute Gasteiger partial charge is 0.294 e. The number of benzene rings is 2. The Balaban J connectivity index is 0.000000278. The van der Waals surface area contributed by atoms with Crippen LogP contribution >= 0.6 is 34.8 Å². The van der Waals surface area contributed by atoms with Gasteiger partial charge in [0.1, 0.15) is 5.75 Å². The molecule has 0 aliphatic rings.